The number of thiophene rings is 1. The molecule has 1 aliphatic rings. The van der Waals surface area contributed by atoms with Crippen LogP contribution in [0.3, 0.4) is 0 Å². The molecule has 0 fully saturated rings. The molecule has 1 amide bonds. The summed E-state index contributed by atoms with van der Waals surface area (Å²) in [7, 11) is 1.79. The van der Waals surface area contributed by atoms with Gasteiger partial charge in [0, 0.05) is 20.0 Å². The third-order valence-electron chi connectivity index (χ3n) is 6.07. The topological polar surface area (TPSA) is 85.9 Å². The molecule has 0 spiro atoms. The van der Waals surface area contributed by atoms with E-state index in [4.69, 9.17) is 0 Å². The van der Waals surface area contributed by atoms with Crippen LogP contribution in [-0.4, -0.2) is 42.2 Å². The highest BCUT2D eigenvalue weighted by atomic mass is 32.1. The van der Waals surface area contributed by atoms with E-state index in [0.717, 1.165) is 35.5 Å². The number of carbonyl (C=O) groups is 1. The molecule has 8 nitrogen and oxygen atoms in total. The Bertz CT molecular complexity index is 1340. The van der Waals surface area contributed by atoms with Gasteiger partial charge in [0.15, 0.2) is 0 Å². The Morgan fingerprint density at radius 2 is 2.03 bits per heavy atom. The number of aromatic nitrogens is 5. The van der Waals surface area contributed by atoms with E-state index in [0.29, 0.717) is 21.6 Å². The molecule has 0 N–H and O–H groups in total. The minimum absolute atomic E-state index is 0.0234. The van der Waals surface area contributed by atoms with Crippen molar-refractivity contribution < 1.29 is 4.79 Å². The van der Waals surface area contributed by atoms with Gasteiger partial charge >= 0.3 is 0 Å². The number of amides is 1. The number of hydrogen-bond donors (Lipinski definition) is 0. The first-order valence-electron chi connectivity index (χ1n) is 10.2. The molecule has 1 unspecified atom stereocenters. The number of fused-ring (bicyclic) bond motifs is 2. The Hall–Kier alpha value is -3.33. The fourth-order valence-electron chi connectivity index (χ4n) is 4.09. The van der Waals surface area contributed by atoms with E-state index >= 15 is 0 Å². The fraction of sp³-hybridized carbons (Fsp3) is 0.318. The van der Waals surface area contributed by atoms with Gasteiger partial charge in [-0.1, -0.05) is 12.1 Å². The molecule has 5 rings (SSSR count). The zero-order chi connectivity index (χ0) is 21.7. The van der Waals surface area contributed by atoms with E-state index in [1.165, 1.54) is 17.7 Å². The van der Waals surface area contributed by atoms with Crippen LogP contribution < -0.4 is 5.56 Å². The Morgan fingerprint density at radius 1 is 1.26 bits per heavy atom. The average molecular weight is 435 g/mol. The van der Waals surface area contributed by atoms with Gasteiger partial charge < -0.3 is 4.90 Å². The quantitative estimate of drug-likeness (QED) is 0.493. The molecule has 3 aromatic heterocycles. The van der Waals surface area contributed by atoms with Crippen molar-refractivity contribution in [3.63, 3.8) is 0 Å². The molecule has 1 aliphatic heterocycles. The van der Waals surface area contributed by atoms with Gasteiger partial charge in [-0.05, 0) is 43.5 Å². The maximum Gasteiger partial charge on any atom is 0.264 e. The van der Waals surface area contributed by atoms with Crippen molar-refractivity contribution in [3.8, 4) is 5.69 Å². The SMILES string of the molecule is Cc1c(C(=O)N(C)C(C)c2ccc(-n3cncn3)cc2)sc2nc3n(c(=O)c12)CCC3. The fourth-order valence-corrected chi connectivity index (χ4v) is 5.26. The summed E-state index contributed by atoms with van der Waals surface area (Å²) in [6, 6.07) is 7.75. The molecule has 158 valence electrons. The molecule has 4 heterocycles. The van der Waals surface area contributed by atoms with Crippen molar-refractivity contribution in [1.82, 2.24) is 29.2 Å². The van der Waals surface area contributed by atoms with Crippen molar-refractivity contribution in [3.05, 3.63) is 69.1 Å². The van der Waals surface area contributed by atoms with E-state index in [2.05, 4.69) is 15.1 Å². The summed E-state index contributed by atoms with van der Waals surface area (Å²) in [6.07, 6.45) is 4.89. The number of aryl methyl sites for hydroxylation is 2. The highest BCUT2D eigenvalue weighted by Gasteiger charge is 2.26. The van der Waals surface area contributed by atoms with Crippen molar-refractivity contribution in [2.24, 2.45) is 0 Å². The average Bonchev–Trinajstić information content (AvgIpc) is 3.53. The first-order chi connectivity index (χ1) is 15.0. The molecule has 1 aromatic carbocycles. The van der Waals surface area contributed by atoms with E-state index in [1.54, 1.807) is 27.5 Å². The van der Waals surface area contributed by atoms with E-state index in [-0.39, 0.29) is 17.5 Å². The third-order valence-corrected chi connectivity index (χ3v) is 7.24. The zero-order valence-electron chi connectivity index (χ0n) is 17.6. The minimum atomic E-state index is -0.138. The van der Waals surface area contributed by atoms with Crippen LogP contribution in [0.1, 0.15) is 46.0 Å². The molecule has 0 radical (unpaired) electrons. The van der Waals surface area contributed by atoms with Crippen LogP contribution in [-0.2, 0) is 13.0 Å². The molecule has 31 heavy (non-hydrogen) atoms. The van der Waals surface area contributed by atoms with Crippen LogP contribution >= 0.6 is 11.3 Å². The van der Waals surface area contributed by atoms with Crippen molar-refractivity contribution in [2.75, 3.05) is 7.05 Å². The molecular weight excluding hydrogens is 412 g/mol. The van der Waals surface area contributed by atoms with Gasteiger partial charge in [0.25, 0.3) is 11.5 Å². The molecule has 0 bridgehead atoms. The van der Waals surface area contributed by atoms with Crippen LogP contribution in [0.4, 0.5) is 0 Å². The smallest absolute Gasteiger partial charge is 0.264 e. The monoisotopic (exact) mass is 434 g/mol. The van der Waals surface area contributed by atoms with Gasteiger partial charge in [-0.15, -0.1) is 11.3 Å². The van der Waals surface area contributed by atoms with Gasteiger partial charge in [0.1, 0.15) is 23.3 Å². The first kappa shape index (κ1) is 19.6. The van der Waals surface area contributed by atoms with Gasteiger partial charge in [0.2, 0.25) is 0 Å². The highest BCUT2D eigenvalue weighted by Crippen LogP contribution is 2.31. The molecule has 1 atom stereocenters. The van der Waals surface area contributed by atoms with Gasteiger partial charge in [0.05, 0.1) is 22.0 Å². The number of rotatable bonds is 4. The lowest BCUT2D eigenvalue weighted by atomic mass is 10.1. The van der Waals surface area contributed by atoms with Crippen LogP contribution in [0.5, 0.6) is 0 Å². The van der Waals surface area contributed by atoms with E-state index < -0.39 is 0 Å². The lowest BCUT2D eigenvalue weighted by molar-refractivity contribution is 0.0747. The summed E-state index contributed by atoms with van der Waals surface area (Å²) in [5, 5.41) is 4.71. The Labute approximate surface area is 182 Å². The summed E-state index contributed by atoms with van der Waals surface area (Å²) >= 11 is 1.32. The van der Waals surface area contributed by atoms with Gasteiger partial charge in [-0.25, -0.2) is 14.6 Å². The maximum atomic E-state index is 13.3. The summed E-state index contributed by atoms with van der Waals surface area (Å²) in [5.41, 5.74) is 2.62. The zero-order valence-corrected chi connectivity index (χ0v) is 18.4. The standard InChI is InChI=1S/C22H22N6O2S/c1-13-18-20(25-17-5-4-10-27(17)21(18)29)31-19(13)22(30)26(3)14(2)15-6-8-16(9-7-15)28-12-23-11-24-28/h6-9,11-12,14H,4-5,10H2,1-3H3. The van der Waals surface area contributed by atoms with Crippen molar-refractivity contribution in [2.45, 2.75) is 39.3 Å². The molecule has 0 saturated carbocycles. The summed E-state index contributed by atoms with van der Waals surface area (Å²) in [5.74, 6) is 0.727. The summed E-state index contributed by atoms with van der Waals surface area (Å²) in [6.45, 7) is 4.55. The van der Waals surface area contributed by atoms with E-state index in [9.17, 15) is 9.59 Å². The van der Waals surface area contributed by atoms with Crippen molar-refractivity contribution in [1.29, 1.82) is 0 Å². The second-order valence-corrected chi connectivity index (χ2v) is 8.85. The third kappa shape index (κ3) is 3.16. The number of benzene rings is 1. The minimum Gasteiger partial charge on any atom is -0.334 e. The van der Waals surface area contributed by atoms with Crippen LogP contribution in [0.15, 0.2) is 41.7 Å². The largest absolute Gasteiger partial charge is 0.334 e. The lowest BCUT2D eigenvalue weighted by Crippen LogP contribution is -2.29. The Balaban J connectivity index is 1.44. The van der Waals surface area contributed by atoms with Gasteiger partial charge in [-0.2, -0.15) is 5.10 Å². The normalized spacial score (nSPS) is 14.0. The van der Waals surface area contributed by atoms with Crippen LogP contribution in [0, 0.1) is 6.92 Å². The number of nitrogens with zero attached hydrogens (tertiary/aromatic N) is 6. The molecule has 9 heteroatoms. The Morgan fingerprint density at radius 3 is 2.74 bits per heavy atom. The molecule has 0 saturated heterocycles. The predicted octanol–water partition coefficient (Wildman–Crippen LogP) is 3.13. The second kappa shape index (κ2) is 7.42. The highest BCUT2D eigenvalue weighted by molar-refractivity contribution is 7.20. The summed E-state index contributed by atoms with van der Waals surface area (Å²) in [4.78, 5) is 37.9. The molecule has 4 aromatic rings. The van der Waals surface area contributed by atoms with Crippen LogP contribution in [0.2, 0.25) is 0 Å². The van der Waals surface area contributed by atoms with Gasteiger partial charge in [-0.3, -0.25) is 14.2 Å². The summed E-state index contributed by atoms with van der Waals surface area (Å²) < 4.78 is 3.44. The second-order valence-electron chi connectivity index (χ2n) is 7.85. The predicted molar refractivity (Wildman–Crippen MR) is 119 cm³/mol. The first-order valence-corrected chi connectivity index (χ1v) is 11.0. The molecule has 0 aliphatic carbocycles. The van der Waals surface area contributed by atoms with Crippen molar-refractivity contribution >= 4 is 27.5 Å². The molecular formula is C22H22N6O2S. The number of carbonyl (C=O) groups excluding carboxylic acids is 1. The lowest BCUT2D eigenvalue weighted by Gasteiger charge is -2.25. The Kier molecular flexibility index (Phi) is 4.70. The van der Waals surface area contributed by atoms with Crippen LogP contribution in [0.25, 0.3) is 15.9 Å². The number of hydrogen-bond acceptors (Lipinski definition) is 6. The van der Waals surface area contributed by atoms with E-state index in [1.807, 2.05) is 38.1 Å². The maximum absolute atomic E-state index is 13.3.